The van der Waals surface area contributed by atoms with Crippen molar-refractivity contribution in [1.29, 1.82) is 5.41 Å². The molecule has 0 aliphatic carbocycles. The second kappa shape index (κ2) is 4.71. The van der Waals surface area contributed by atoms with Crippen LogP contribution < -0.4 is 0 Å². The van der Waals surface area contributed by atoms with Crippen LogP contribution in [0.5, 0.6) is 0 Å². The molecule has 0 radical (unpaired) electrons. The average molecular weight is 220 g/mol. The summed E-state index contributed by atoms with van der Waals surface area (Å²) in [7, 11) is 0. The molecule has 0 spiro atoms. The summed E-state index contributed by atoms with van der Waals surface area (Å²) < 4.78 is 0. The predicted molar refractivity (Wildman–Crippen MR) is 65.9 cm³/mol. The van der Waals surface area contributed by atoms with Gasteiger partial charge in [0.1, 0.15) is 5.84 Å². The van der Waals surface area contributed by atoms with Gasteiger partial charge in [-0.05, 0) is 31.2 Å². The first-order valence-electron chi connectivity index (χ1n) is 5.29. The topological polar surface area (TPSA) is 27.1 Å². The lowest BCUT2D eigenvalue weighted by Crippen LogP contribution is -2.27. The van der Waals surface area contributed by atoms with Gasteiger partial charge in [0.2, 0.25) is 0 Å². The maximum absolute atomic E-state index is 8.07. The van der Waals surface area contributed by atoms with E-state index in [0.29, 0.717) is 5.84 Å². The SMILES string of the molecule is CSc1ccc(C(=N)N2CCCC2)cc1. The van der Waals surface area contributed by atoms with Gasteiger partial charge in [-0.1, -0.05) is 12.1 Å². The molecule has 1 fully saturated rings. The van der Waals surface area contributed by atoms with E-state index >= 15 is 0 Å². The molecule has 1 N–H and O–H groups in total. The first-order valence-corrected chi connectivity index (χ1v) is 6.51. The minimum Gasteiger partial charge on any atom is -0.357 e. The molecule has 15 heavy (non-hydrogen) atoms. The molecular weight excluding hydrogens is 204 g/mol. The first-order chi connectivity index (χ1) is 7.31. The summed E-state index contributed by atoms with van der Waals surface area (Å²) in [5, 5.41) is 8.07. The smallest absolute Gasteiger partial charge is 0.128 e. The number of hydrogen-bond acceptors (Lipinski definition) is 2. The van der Waals surface area contributed by atoms with Gasteiger partial charge in [0, 0.05) is 23.5 Å². The Bertz CT molecular complexity index is 339. The van der Waals surface area contributed by atoms with E-state index in [2.05, 4.69) is 23.3 Å². The largest absolute Gasteiger partial charge is 0.357 e. The summed E-state index contributed by atoms with van der Waals surface area (Å²) in [5.74, 6) is 0.681. The molecule has 1 saturated heterocycles. The highest BCUT2D eigenvalue weighted by Crippen LogP contribution is 2.17. The summed E-state index contributed by atoms with van der Waals surface area (Å²) in [6.07, 6.45) is 4.53. The lowest BCUT2D eigenvalue weighted by molar-refractivity contribution is 0.517. The summed E-state index contributed by atoms with van der Waals surface area (Å²) in [5.41, 5.74) is 1.04. The monoisotopic (exact) mass is 220 g/mol. The number of nitrogens with one attached hydrogen (secondary N) is 1. The molecule has 80 valence electrons. The van der Waals surface area contributed by atoms with Gasteiger partial charge in [0.25, 0.3) is 0 Å². The Balaban J connectivity index is 2.11. The van der Waals surface area contributed by atoms with Crippen molar-refractivity contribution >= 4 is 17.6 Å². The van der Waals surface area contributed by atoms with E-state index < -0.39 is 0 Å². The van der Waals surface area contributed by atoms with Crippen LogP contribution in [-0.2, 0) is 0 Å². The van der Waals surface area contributed by atoms with E-state index in [9.17, 15) is 0 Å². The Kier molecular flexibility index (Phi) is 3.31. The molecule has 1 aromatic carbocycles. The van der Waals surface area contributed by atoms with Crippen molar-refractivity contribution in [2.24, 2.45) is 0 Å². The Morgan fingerprint density at radius 1 is 1.20 bits per heavy atom. The number of likely N-dealkylation sites (tertiary alicyclic amines) is 1. The number of hydrogen-bond donors (Lipinski definition) is 1. The number of benzene rings is 1. The van der Waals surface area contributed by atoms with Crippen LogP contribution in [0.1, 0.15) is 18.4 Å². The van der Waals surface area contributed by atoms with Gasteiger partial charge in [-0.3, -0.25) is 5.41 Å². The van der Waals surface area contributed by atoms with Gasteiger partial charge in [-0.2, -0.15) is 0 Å². The second-order valence-electron chi connectivity index (χ2n) is 3.77. The molecule has 0 unspecified atom stereocenters. The van der Waals surface area contributed by atoms with Gasteiger partial charge >= 0.3 is 0 Å². The zero-order valence-corrected chi connectivity index (χ0v) is 9.81. The van der Waals surface area contributed by atoms with Crippen LogP contribution in [0, 0.1) is 5.41 Å². The third-order valence-corrected chi connectivity index (χ3v) is 3.53. The van der Waals surface area contributed by atoms with E-state index in [-0.39, 0.29) is 0 Å². The van der Waals surface area contributed by atoms with Gasteiger partial charge < -0.3 is 4.90 Å². The molecule has 2 rings (SSSR count). The van der Waals surface area contributed by atoms with Crippen LogP contribution in [0.25, 0.3) is 0 Å². The third kappa shape index (κ3) is 2.34. The lowest BCUT2D eigenvalue weighted by atomic mass is 10.2. The van der Waals surface area contributed by atoms with Crippen molar-refractivity contribution in [3.8, 4) is 0 Å². The van der Waals surface area contributed by atoms with Crippen LogP contribution >= 0.6 is 11.8 Å². The molecule has 1 aliphatic rings. The normalized spacial score (nSPS) is 15.7. The molecule has 1 aromatic rings. The van der Waals surface area contributed by atoms with E-state index in [1.54, 1.807) is 11.8 Å². The standard InChI is InChI=1S/C12H16N2S/c1-15-11-6-4-10(5-7-11)12(13)14-8-2-3-9-14/h4-7,13H,2-3,8-9H2,1H3. The quantitative estimate of drug-likeness (QED) is 0.471. The van der Waals surface area contributed by atoms with Crippen LogP contribution in [0.15, 0.2) is 29.2 Å². The van der Waals surface area contributed by atoms with E-state index in [1.165, 1.54) is 17.7 Å². The van der Waals surface area contributed by atoms with Gasteiger partial charge in [0.15, 0.2) is 0 Å². The Morgan fingerprint density at radius 2 is 1.80 bits per heavy atom. The third-order valence-electron chi connectivity index (χ3n) is 2.79. The number of nitrogens with zero attached hydrogens (tertiary/aromatic N) is 1. The average Bonchev–Trinajstić information content (AvgIpc) is 2.82. The number of amidine groups is 1. The van der Waals surface area contributed by atoms with Gasteiger partial charge in [-0.15, -0.1) is 11.8 Å². The first kappa shape index (κ1) is 10.6. The molecule has 0 atom stereocenters. The summed E-state index contributed by atoms with van der Waals surface area (Å²) >= 11 is 1.74. The zero-order chi connectivity index (χ0) is 10.7. The van der Waals surface area contributed by atoms with Crippen molar-refractivity contribution < 1.29 is 0 Å². The van der Waals surface area contributed by atoms with Crippen LogP contribution in [0.3, 0.4) is 0 Å². The van der Waals surface area contributed by atoms with Crippen molar-refractivity contribution in [2.45, 2.75) is 17.7 Å². The highest BCUT2D eigenvalue weighted by molar-refractivity contribution is 7.98. The summed E-state index contributed by atoms with van der Waals surface area (Å²) in [6, 6.07) is 8.27. The molecule has 2 nitrogen and oxygen atoms in total. The molecule has 0 bridgehead atoms. The van der Waals surface area contributed by atoms with Gasteiger partial charge in [0.05, 0.1) is 0 Å². The highest BCUT2D eigenvalue weighted by Gasteiger charge is 2.15. The number of rotatable bonds is 2. The Morgan fingerprint density at radius 3 is 2.33 bits per heavy atom. The fourth-order valence-electron chi connectivity index (χ4n) is 1.87. The lowest BCUT2D eigenvalue weighted by Gasteiger charge is -2.18. The molecule has 0 saturated carbocycles. The summed E-state index contributed by atoms with van der Waals surface area (Å²) in [4.78, 5) is 3.42. The van der Waals surface area contributed by atoms with Crippen molar-refractivity contribution in [1.82, 2.24) is 4.90 Å². The fourth-order valence-corrected chi connectivity index (χ4v) is 2.28. The Hall–Kier alpha value is -0.960. The van der Waals surface area contributed by atoms with E-state index in [4.69, 9.17) is 5.41 Å². The van der Waals surface area contributed by atoms with Crippen molar-refractivity contribution in [2.75, 3.05) is 19.3 Å². The molecular formula is C12H16N2S. The fraction of sp³-hybridized carbons (Fsp3) is 0.417. The maximum Gasteiger partial charge on any atom is 0.128 e. The van der Waals surface area contributed by atoms with Gasteiger partial charge in [-0.25, -0.2) is 0 Å². The summed E-state index contributed by atoms with van der Waals surface area (Å²) in [6.45, 7) is 2.09. The van der Waals surface area contributed by atoms with E-state index in [0.717, 1.165) is 18.7 Å². The molecule has 1 heterocycles. The van der Waals surface area contributed by atoms with Crippen LogP contribution in [-0.4, -0.2) is 30.1 Å². The van der Waals surface area contributed by atoms with E-state index in [1.807, 2.05) is 12.1 Å². The number of thioether (sulfide) groups is 1. The second-order valence-corrected chi connectivity index (χ2v) is 4.65. The molecule has 0 amide bonds. The Labute approximate surface area is 95.2 Å². The zero-order valence-electron chi connectivity index (χ0n) is 8.99. The highest BCUT2D eigenvalue weighted by atomic mass is 32.2. The van der Waals surface area contributed by atoms with Crippen LogP contribution in [0.4, 0.5) is 0 Å². The molecule has 0 aromatic heterocycles. The van der Waals surface area contributed by atoms with Crippen molar-refractivity contribution in [3.63, 3.8) is 0 Å². The predicted octanol–water partition coefficient (Wildman–Crippen LogP) is 2.83. The molecule has 3 heteroatoms. The van der Waals surface area contributed by atoms with Crippen LogP contribution in [0.2, 0.25) is 0 Å². The minimum absolute atomic E-state index is 0.681. The maximum atomic E-state index is 8.07. The van der Waals surface area contributed by atoms with Crippen molar-refractivity contribution in [3.05, 3.63) is 29.8 Å². The minimum atomic E-state index is 0.681. The molecule has 1 aliphatic heterocycles.